The zero-order valence-corrected chi connectivity index (χ0v) is 32.5. The molecule has 0 atom stereocenters. The first kappa shape index (κ1) is 38.3. The molecule has 0 unspecified atom stereocenters. The number of aromatic nitrogens is 12. The van der Waals surface area contributed by atoms with Crippen LogP contribution in [0.4, 0.5) is 37.2 Å². The minimum atomic E-state index is -0.352. The van der Waals surface area contributed by atoms with Crippen LogP contribution >= 0.6 is 34.0 Å². The number of nitrogens with one attached hydrogen (secondary N) is 6. The summed E-state index contributed by atoms with van der Waals surface area (Å²) in [5.74, 6) is 2.62. The molecule has 0 radical (unpaired) electrons. The van der Waals surface area contributed by atoms with Gasteiger partial charge in [0.15, 0.2) is 15.4 Å². The van der Waals surface area contributed by atoms with Crippen LogP contribution in [0.1, 0.15) is 9.75 Å². The molecule has 0 aromatic carbocycles. The average molecular weight is 822 g/mol. The Morgan fingerprint density at radius 3 is 1.72 bits per heavy atom. The van der Waals surface area contributed by atoms with Crippen LogP contribution in [0.25, 0.3) is 33.8 Å². The van der Waals surface area contributed by atoms with Gasteiger partial charge in [-0.05, 0) is 37.3 Å². The van der Waals surface area contributed by atoms with Gasteiger partial charge in [0.2, 0.25) is 11.0 Å². The van der Waals surface area contributed by atoms with Gasteiger partial charge in [0.25, 0.3) is 0 Å². The number of hydrogen-bond donors (Lipinski definition) is 7. The summed E-state index contributed by atoms with van der Waals surface area (Å²) >= 11 is 3.91. The number of H-pyrrole nitrogens is 3. The topological polar surface area (TPSA) is 229 Å². The van der Waals surface area contributed by atoms with Gasteiger partial charge in [-0.1, -0.05) is 40.9 Å². The molecular formula is C36H32FN15O2S3. The van der Waals surface area contributed by atoms with Crippen LogP contribution < -0.4 is 20.7 Å². The van der Waals surface area contributed by atoms with E-state index in [1.165, 1.54) is 17.5 Å². The third kappa shape index (κ3) is 10.0. The number of ether oxygens (including phenoxy) is 1. The first-order valence-corrected chi connectivity index (χ1v) is 19.3. The maximum atomic E-state index is 13.7. The van der Waals surface area contributed by atoms with Gasteiger partial charge >= 0.3 is 0 Å². The Labute approximate surface area is 335 Å². The lowest BCUT2D eigenvalue weighted by Crippen LogP contribution is -1.94. The molecule has 9 rings (SSSR count). The molecular weight excluding hydrogens is 790 g/mol. The molecule has 9 heterocycles. The molecule has 0 spiro atoms. The Morgan fingerprint density at radius 1 is 0.632 bits per heavy atom. The lowest BCUT2D eigenvalue weighted by molar-refractivity contribution is 0.286. The maximum Gasteiger partial charge on any atom is 0.214 e. The summed E-state index contributed by atoms with van der Waals surface area (Å²) in [6.45, 7) is 1.98. The zero-order valence-electron chi connectivity index (χ0n) is 30.0. The maximum absolute atomic E-state index is 13.7. The summed E-state index contributed by atoms with van der Waals surface area (Å²) in [4.78, 5) is 27.7. The van der Waals surface area contributed by atoms with E-state index in [1.807, 2.05) is 55.6 Å². The van der Waals surface area contributed by atoms with Gasteiger partial charge in [-0.15, -0.1) is 11.3 Å². The van der Waals surface area contributed by atoms with Crippen LogP contribution in [0.15, 0.2) is 104 Å². The molecule has 0 bridgehead atoms. The number of pyridine rings is 3. The molecule has 0 aliphatic carbocycles. The van der Waals surface area contributed by atoms with E-state index in [2.05, 4.69) is 76.4 Å². The lowest BCUT2D eigenvalue weighted by atomic mass is 10.2. The molecule has 17 nitrogen and oxygen atoms in total. The molecule has 9 aromatic heterocycles. The number of thiazole rings is 3. The van der Waals surface area contributed by atoms with Crippen molar-refractivity contribution in [1.29, 1.82) is 0 Å². The van der Waals surface area contributed by atoms with Crippen molar-refractivity contribution in [2.24, 2.45) is 0 Å². The van der Waals surface area contributed by atoms with Gasteiger partial charge in [-0.25, -0.2) is 24.9 Å². The third-order valence-corrected chi connectivity index (χ3v) is 10.1. The van der Waals surface area contributed by atoms with Gasteiger partial charge in [0, 0.05) is 58.6 Å². The Balaban J connectivity index is 0.000000131. The van der Waals surface area contributed by atoms with Gasteiger partial charge in [-0.3, -0.25) is 15.3 Å². The number of rotatable bonds is 11. The second-order valence-electron chi connectivity index (χ2n) is 11.3. The first-order chi connectivity index (χ1) is 27.9. The zero-order chi connectivity index (χ0) is 39.4. The monoisotopic (exact) mass is 821 g/mol. The fourth-order valence-corrected chi connectivity index (χ4v) is 7.35. The van der Waals surface area contributed by atoms with Crippen molar-refractivity contribution in [2.45, 2.75) is 13.5 Å². The van der Waals surface area contributed by atoms with Gasteiger partial charge in [0.05, 0.1) is 48.6 Å². The number of nitrogens with zero attached hydrogens (tertiary/aromatic N) is 9. The Morgan fingerprint density at radius 2 is 1.16 bits per heavy atom. The van der Waals surface area contributed by atoms with Crippen molar-refractivity contribution in [3.8, 4) is 39.7 Å². The highest BCUT2D eigenvalue weighted by atomic mass is 32.1. The second kappa shape index (κ2) is 18.6. The molecule has 9 aromatic rings. The highest BCUT2D eigenvalue weighted by Gasteiger charge is 2.15. The molecule has 21 heteroatoms. The lowest BCUT2D eigenvalue weighted by Gasteiger charge is -2.03. The number of halogens is 1. The van der Waals surface area contributed by atoms with Crippen molar-refractivity contribution in [3.05, 3.63) is 119 Å². The van der Waals surface area contributed by atoms with E-state index in [1.54, 1.807) is 67.8 Å². The summed E-state index contributed by atoms with van der Waals surface area (Å²) in [5.41, 5.74) is 4.40. The van der Waals surface area contributed by atoms with E-state index in [0.717, 1.165) is 54.6 Å². The first-order valence-electron chi connectivity index (χ1n) is 16.8. The number of aryl methyl sites for hydroxylation is 1. The van der Waals surface area contributed by atoms with Crippen LogP contribution in [-0.4, -0.2) is 72.7 Å². The average Bonchev–Trinajstić information content (AvgIpc) is 4.09. The van der Waals surface area contributed by atoms with Crippen molar-refractivity contribution in [1.82, 2.24) is 60.5 Å². The van der Waals surface area contributed by atoms with Crippen LogP contribution in [0.3, 0.4) is 0 Å². The predicted molar refractivity (Wildman–Crippen MR) is 219 cm³/mol. The van der Waals surface area contributed by atoms with Gasteiger partial charge in [-0.2, -0.15) is 24.7 Å². The molecule has 0 amide bonds. The SMILES string of the molecule is COc1cccc(Nc2nc(-c3cn[nH]c3)c(C)s2)n1.Fc1sc(Nc2ccccn2)nc1-c1cn[nH]c1.OCc1sc(Nc2ccccn2)nc1-c1cn[nH]c1. The summed E-state index contributed by atoms with van der Waals surface area (Å²) < 4.78 is 18.8. The molecule has 288 valence electrons. The largest absolute Gasteiger partial charge is 0.481 e. The van der Waals surface area contributed by atoms with Crippen molar-refractivity contribution in [2.75, 3.05) is 23.1 Å². The van der Waals surface area contributed by atoms with Gasteiger partial charge in [0.1, 0.15) is 23.1 Å². The number of aliphatic hydroxyl groups is 1. The summed E-state index contributed by atoms with van der Waals surface area (Å²) in [7, 11) is 1.59. The smallest absolute Gasteiger partial charge is 0.214 e. The van der Waals surface area contributed by atoms with E-state index < -0.39 is 0 Å². The van der Waals surface area contributed by atoms with E-state index >= 15 is 0 Å². The number of hydrogen-bond acceptors (Lipinski definition) is 17. The number of aliphatic hydroxyl groups excluding tert-OH is 1. The highest BCUT2D eigenvalue weighted by molar-refractivity contribution is 7.16. The molecule has 0 saturated carbocycles. The Bertz CT molecular complexity index is 2560. The van der Waals surface area contributed by atoms with Crippen LogP contribution in [0, 0.1) is 12.1 Å². The predicted octanol–water partition coefficient (Wildman–Crippen LogP) is 7.96. The van der Waals surface area contributed by atoms with E-state index in [-0.39, 0.29) is 17.4 Å². The normalized spacial score (nSPS) is 10.5. The van der Waals surface area contributed by atoms with Gasteiger partial charge < -0.3 is 25.8 Å². The Kier molecular flexibility index (Phi) is 12.5. The second-order valence-corrected chi connectivity index (χ2v) is 14.6. The third-order valence-electron chi connectivity index (χ3n) is 7.51. The minimum absolute atomic E-state index is 0.0535. The fraction of sp³-hybridized carbons (Fsp3) is 0.0833. The molecule has 0 saturated heterocycles. The van der Waals surface area contributed by atoms with Crippen LogP contribution in [-0.2, 0) is 6.61 Å². The molecule has 57 heavy (non-hydrogen) atoms. The summed E-state index contributed by atoms with van der Waals surface area (Å²) in [5, 5.41) is 40.0. The number of aromatic amines is 3. The summed E-state index contributed by atoms with van der Waals surface area (Å²) in [6.07, 6.45) is 13.5. The van der Waals surface area contributed by atoms with E-state index in [9.17, 15) is 9.50 Å². The van der Waals surface area contributed by atoms with Crippen molar-refractivity contribution >= 4 is 66.9 Å². The molecule has 7 N–H and O–H groups in total. The van der Waals surface area contributed by atoms with Crippen LogP contribution in [0.5, 0.6) is 5.88 Å². The minimum Gasteiger partial charge on any atom is -0.481 e. The molecule has 0 aliphatic heterocycles. The fourth-order valence-electron chi connectivity index (χ4n) is 4.93. The standard InChI is InChI=1S/C13H13N5OS.C12H11N5OS.C11H8FN5S/c1-8-12(9-6-14-15-7-9)18-13(20-8)17-10-4-3-5-11(16-10)19-2;18-7-9-11(8-5-14-15-6-8)17-12(19-9)16-10-3-1-2-4-13-10;12-10-9(7-5-14-15-6-7)17-11(18-10)16-8-3-1-2-4-13-8/h3-7H,1-2H3,(H,14,15)(H,16,17,18);1-6,18H,7H2,(H,14,15)(H,13,16,17);1-6H,(H,14,15)(H,13,16,17). The highest BCUT2D eigenvalue weighted by Crippen LogP contribution is 2.33. The quantitative estimate of drug-likeness (QED) is 0.0657. The van der Waals surface area contributed by atoms with Crippen LogP contribution in [0.2, 0.25) is 0 Å². The molecule has 0 aliphatic rings. The Hall–Kier alpha value is -6.94. The number of anilines is 6. The molecule has 0 fully saturated rings. The summed E-state index contributed by atoms with van der Waals surface area (Å²) in [6, 6.07) is 16.6. The van der Waals surface area contributed by atoms with E-state index in [0.29, 0.717) is 33.3 Å². The van der Waals surface area contributed by atoms with E-state index in [4.69, 9.17) is 4.74 Å². The van der Waals surface area contributed by atoms with Crippen molar-refractivity contribution in [3.63, 3.8) is 0 Å². The van der Waals surface area contributed by atoms with Crippen molar-refractivity contribution < 1.29 is 14.2 Å². The number of methoxy groups -OCH3 is 1.